The highest BCUT2D eigenvalue weighted by Crippen LogP contribution is 2.13. The monoisotopic (exact) mass is 258 g/mol. The topological polar surface area (TPSA) is 52.6 Å². The summed E-state index contributed by atoms with van der Waals surface area (Å²) < 4.78 is 9.71. The first kappa shape index (κ1) is 14.4. The van der Waals surface area contributed by atoms with Crippen molar-refractivity contribution in [3.8, 4) is 5.75 Å². The molecule has 0 unspecified atom stereocenters. The Kier molecular flexibility index (Phi) is 5.82. The lowest BCUT2D eigenvalue weighted by molar-refractivity contribution is -0.136. The molecular formula is C15H14O4. The van der Waals surface area contributed by atoms with Gasteiger partial charge < -0.3 is 9.47 Å². The molecule has 1 rings (SSSR count). The van der Waals surface area contributed by atoms with Gasteiger partial charge in [-0.1, -0.05) is 31.4 Å². The van der Waals surface area contributed by atoms with Crippen LogP contribution in [0.4, 0.5) is 0 Å². The molecule has 1 aromatic carbocycles. The number of ether oxygens (including phenoxy) is 2. The molecule has 1 aromatic rings. The van der Waals surface area contributed by atoms with E-state index in [0.717, 1.165) is 17.7 Å². The Morgan fingerprint density at radius 3 is 2.26 bits per heavy atom. The van der Waals surface area contributed by atoms with Gasteiger partial charge in [0, 0.05) is 12.2 Å². The highest BCUT2D eigenvalue weighted by Gasteiger charge is 1.98. The van der Waals surface area contributed by atoms with Crippen LogP contribution in [0.1, 0.15) is 5.56 Å². The minimum atomic E-state index is -0.500. The third kappa shape index (κ3) is 5.50. The van der Waals surface area contributed by atoms with Gasteiger partial charge in [0.2, 0.25) is 0 Å². The van der Waals surface area contributed by atoms with Gasteiger partial charge in [-0.3, -0.25) is 0 Å². The van der Waals surface area contributed by atoms with Gasteiger partial charge in [0.15, 0.2) is 0 Å². The van der Waals surface area contributed by atoms with E-state index in [1.54, 1.807) is 36.4 Å². The van der Waals surface area contributed by atoms with Gasteiger partial charge in [0.25, 0.3) is 0 Å². The molecule has 0 aliphatic heterocycles. The van der Waals surface area contributed by atoms with Crippen LogP contribution in [-0.4, -0.2) is 18.5 Å². The first-order valence-corrected chi connectivity index (χ1v) is 5.55. The fourth-order valence-electron chi connectivity index (χ4n) is 1.18. The van der Waals surface area contributed by atoms with Gasteiger partial charge in [0.05, 0.1) is 0 Å². The summed E-state index contributed by atoms with van der Waals surface area (Å²) in [6, 6.07) is 6.88. The summed E-state index contributed by atoms with van der Waals surface area (Å²) in [4.78, 5) is 21.7. The van der Waals surface area contributed by atoms with Crippen LogP contribution in [-0.2, 0) is 14.3 Å². The maximum absolute atomic E-state index is 11.0. The third-order valence-electron chi connectivity index (χ3n) is 2.06. The average molecular weight is 258 g/mol. The highest BCUT2D eigenvalue weighted by atomic mass is 16.5. The maximum Gasteiger partial charge on any atom is 0.335 e. The van der Waals surface area contributed by atoms with Crippen molar-refractivity contribution < 1.29 is 19.1 Å². The molecule has 0 heterocycles. The van der Waals surface area contributed by atoms with Gasteiger partial charge in [0.1, 0.15) is 12.4 Å². The Morgan fingerprint density at radius 1 is 1.05 bits per heavy atom. The van der Waals surface area contributed by atoms with Crippen molar-refractivity contribution in [2.75, 3.05) is 6.61 Å². The van der Waals surface area contributed by atoms with Gasteiger partial charge in [-0.15, -0.1) is 0 Å². The maximum atomic E-state index is 11.0. The van der Waals surface area contributed by atoms with E-state index in [0.29, 0.717) is 5.75 Å². The van der Waals surface area contributed by atoms with Crippen LogP contribution in [0.2, 0.25) is 0 Å². The molecule has 0 N–H and O–H groups in total. The van der Waals surface area contributed by atoms with Crippen LogP contribution >= 0.6 is 0 Å². The molecule has 0 amide bonds. The molecule has 0 aliphatic rings. The Balaban J connectivity index is 2.49. The van der Waals surface area contributed by atoms with E-state index < -0.39 is 11.9 Å². The van der Waals surface area contributed by atoms with Crippen LogP contribution in [0.15, 0.2) is 55.7 Å². The van der Waals surface area contributed by atoms with Gasteiger partial charge in [-0.2, -0.15) is 0 Å². The van der Waals surface area contributed by atoms with E-state index in [1.165, 1.54) is 0 Å². The standard InChI is InChI=1S/C15H14O4/c1-3-14(16)18-11-5-6-12-7-9-13(10-8-12)19-15(17)4-2/h3-10H,1-2,11H2. The van der Waals surface area contributed by atoms with Crippen molar-refractivity contribution in [2.45, 2.75) is 0 Å². The molecule has 0 radical (unpaired) electrons. The Labute approximate surface area is 111 Å². The molecule has 0 aromatic heterocycles. The van der Waals surface area contributed by atoms with E-state index in [1.807, 2.05) is 0 Å². The minimum absolute atomic E-state index is 0.179. The zero-order chi connectivity index (χ0) is 14.1. The second-order valence-electron chi connectivity index (χ2n) is 3.43. The summed E-state index contributed by atoms with van der Waals surface area (Å²) >= 11 is 0. The lowest BCUT2D eigenvalue weighted by Gasteiger charge is -2.01. The Hall–Kier alpha value is -2.62. The second-order valence-corrected chi connectivity index (χ2v) is 3.43. The van der Waals surface area contributed by atoms with Crippen LogP contribution < -0.4 is 4.74 Å². The van der Waals surface area contributed by atoms with Crippen molar-refractivity contribution in [2.24, 2.45) is 0 Å². The molecule has 0 fully saturated rings. The van der Waals surface area contributed by atoms with Gasteiger partial charge in [-0.25, -0.2) is 9.59 Å². The molecule has 4 heteroatoms. The van der Waals surface area contributed by atoms with E-state index >= 15 is 0 Å². The van der Waals surface area contributed by atoms with E-state index in [4.69, 9.17) is 9.47 Å². The first-order chi connectivity index (χ1) is 9.15. The van der Waals surface area contributed by atoms with Crippen molar-refractivity contribution in [1.29, 1.82) is 0 Å². The number of hydrogen-bond acceptors (Lipinski definition) is 4. The molecule has 4 nitrogen and oxygen atoms in total. The molecule has 0 saturated carbocycles. The fraction of sp³-hybridized carbons (Fsp3) is 0.0667. The summed E-state index contributed by atoms with van der Waals surface area (Å²) in [5, 5.41) is 0. The predicted octanol–water partition coefficient (Wildman–Crippen LogP) is 2.52. The molecule has 0 saturated heterocycles. The number of carbonyl (C=O) groups excluding carboxylic acids is 2. The third-order valence-corrected chi connectivity index (χ3v) is 2.06. The number of esters is 2. The van der Waals surface area contributed by atoms with Gasteiger partial charge >= 0.3 is 11.9 Å². The van der Waals surface area contributed by atoms with Crippen LogP contribution in [0.25, 0.3) is 6.08 Å². The van der Waals surface area contributed by atoms with Crippen LogP contribution in [0, 0.1) is 0 Å². The van der Waals surface area contributed by atoms with E-state index in [2.05, 4.69) is 13.2 Å². The zero-order valence-electron chi connectivity index (χ0n) is 10.4. The molecule has 0 aliphatic carbocycles. The second kappa shape index (κ2) is 7.66. The summed E-state index contributed by atoms with van der Waals surface area (Å²) in [7, 11) is 0. The van der Waals surface area contributed by atoms with Crippen molar-refractivity contribution in [3.05, 3.63) is 61.2 Å². The highest BCUT2D eigenvalue weighted by molar-refractivity contribution is 5.83. The largest absolute Gasteiger partial charge is 0.458 e. The van der Waals surface area contributed by atoms with E-state index in [9.17, 15) is 9.59 Å². The molecule has 0 atom stereocenters. The SMILES string of the molecule is C=CC(=O)OCC=Cc1ccc(OC(=O)C=C)cc1. The average Bonchev–Trinajstić information content (AvgIpc) is 2.44. The lowest BCUT2D eigenvalue weighted by Crippen LogP contribution is -2.02. The molecule has 0 bridgehead atoms. The number of hydrogen-bond donors (Lipinski definition) is 0. The quantitative estimate of drug-likeness (QED) is 0.447. The number of benzene rings is 1. The van der Waals surface area contributed by atoms with Crippen LogP contribution in [0.3, 0.4) is 0 Å². The molecule has 0 spiro atoms. The lowest BCUT2D eigenvalue weighted by atomic mass is 10.2. The van der Waals surface area contributed by atoms with Crippen molar-refractivity contribution in [3.63, 3.8) is 0 Å². The Morgan fingerprint density at radius 2 is 1.68 bits per heavy atom. The minimum Gasteiger partial charge on any atom is -0.458 e. The molecule has 98 valence electrons. The fourth-order valence-corrected chi connectivity index (χ4v) is 1.18. The predicted molar refractivity (Wildman–Crippen MR) is 72.5 cm³/mol. The number of rotatable bonds is 6. The summed E-state index contributed by atoms with van der Waals surface area (Å²) in [6.07, 6.45) is 5.69. The summed E-state index contributed by atoms with van der Waals surface area (Å²) in [5.74, 6) is -0.517. The number of carbonyl (C=O) groups is 2. The zero-order valence-corrected chi connectivity index (χ0v) is 10.4. The van der Waals surface area contributed by atoms with Crippen LogP contribution in [0.5, 0.6) is 5.75 Å². The summed E-state index contributed by atoms with van der Waals surface area (Å²) in [6.45, 7) is 6.78. The molecule has 19 heavy (non-hydrogen) atoms. The summed E-state index contributed by atoms with van der Waals surface area (Å²) in [5.41, 5.74) is 0.896. The first-order valence-electron chi connectivity index (χ1n) is 5.55. The van der Waals surface area contributed by atoms with Gasteiger partial charge in [-0.05, 0) is 23.8 Å². The van der Waals surface area contributed by atoms with Crippen molar-refractivity contribution >= 4 is 18.0 Å². The van der Waals surface area contributed by atoms with Crippen molar-refractivity contribution in [1.82, 2.24) is 0 Å². The Bertz CT molecular complexity index is 497. The normalized spacial score (nSPS) is 9.89. The smallest absolute Gasteiger partial charge is 0.335 e. The van der Waals surface area contributed by atoms with E-state index in [-0.39, 0.29) is 6.61 Å². The molecular weight excluding hydrogens is 244 g/mol.